The van der Waals surface area contributed by atoms with E-state index in [1.165, 1.54) is 11.0 Å². The van der Waals surface area contributed by atoms with Gasteiger partial charge in [-0.05, 0) is 37.1 Å². The van der Waals surface area contributed by atoms with Gasteiger partial charge in [-0.2, -0.15) is 0 Å². The Labute approximate surface area is 129 Å². The number of rotatable bonds is 5. The van der Waals surface area contributed by atoms with E-state index in [1.807, 2.05) is 6.92 Å². The van der Waals surface area contributed by atoms with Crippen LogP contribution in [0.1, 0.15) is 25.3 Å². The molecule has 0 aromatic heterocycles. The molecule has 1 fully saturated rings. The molecule has 0 radical (unpaired) electrons. The average Bonchev–Trinajstić information content (AvgIpc) is 2.89. The molecule has 120 valence electrons. The van der Waals surface area contributed by atoms with Crippen LogP contribution in [0.5, 0.6) is 0 Å². The van der Waals surface area contributed by atoms with Gasteiger partial charge in [-0.1, -0.05) is 6.92 Å². The number of hydrogen-bond acceptors (Lipinski definition) is 3. The summed E-state index contributed by atoms with van der Waals surface area (Å²) in [5.41, 5.74) is 1.07. The fraction of sp³-hybridized carbons (Fsp3) is 0.500. The topological polar surface area (TPSA) is 69.6 Å². The smallest absolute Gasteiger partial charge is 0.227 e. The Morgan fingerprint density at radius 3 is 2.86 bits per heavy atom. The van der Waals surface area contributed by atoms with Gasteiger partial charge < -0.3 is 15.3 Å². The number of benzene rings is 1. The van der Waals surface area contributed by atoms with E-state index in [-0.39, 0.29) is 43.2 Å². The lowest BCUT2D eigenvalue weighted by Crippen LogP contribution is -2.41. The van der Waals surface area contributed by atoms with Crippen LogP contribution in [0.4, 0.5) is 10.1 Å². The van der Waals surface area contributed by atoms with Crippen molar-refractivity contribution in [2.24, 2.45) is 5.92 Å². The van der Waals surface area contributed by atoms with Crippen LogP contribution in [0.15, 0.2) is 18.2 Å². The van der Waals surface area contributed by atoms with E-state index in [9.17, 15) is 14.0 Å². The van der Waals surface area contributed by atoms with Gasteiger partial charge in [0.05, 0.1) is 18.6 Å². The van der Waals surface area contributed by atoms with Crippen LogP contribution in [-0.2, 0) is 9.59 Å². The van der Waals surface area contributed by atoms with Crippen LogP contribution in [0.3, 0.4) is 0 Å². The highest BCUT2D eigenvalue weighted by Gasteiger charge is 2.35. The number of nitrogens with one attached hydrogen (secondary N) is 1. The molecule has 0 saturated carbocycles. The number of aliphatic hydroxyl groups excluding tert-OH is 1. The molecule has 22 heavy (non-hydrogen) atoms. The molecular formula is C16H21FN2O3. The minimum atomic E-state index is -0.446. The number of amides is 2. The zero-order valence-corrected chi connectivity index (χ0v) is 12.8. The lowest BCUT2D eigenvalue weighted by Gasteiger charge is -2.19. The molecule has 0 unspecified atom stereocenters. The van der Waals surface area contributed by atoms with Gasteiger partial charge in [0, 0.05) is 18.7 Å². The number of halogens is 1. The Morgan fingerprint density at radius 2 is 2.27 bits per heavy atom. The molecule has 2 amide bonds. The Kier molecular flexibility index (Phi) is 5.13. The third-order valence-corrected chi connectivity index (χ3v) is 4.01. The van der Waals surface area contributed by atoms with Gasteiger partial charge in [-0.15, -0.1) is 0 Å². The van der Waals surface area contributed by atoms with E-state index in [4.69, 9.17) is 5.11 Å². The summed E-state index contributed by atoms with van der Waals surface area (Å²) in [6.07, 6.45) is 0.758. The number of aryl methyl sites for hydroxylation is 1. The van der Waals surface area contributed by atoms with Crippen molar-refractivity contribution in [3.8, 4) is 0 Å². The monoisotopic (exact) mass is 308 g/mol. The van der Waals surface area contributed by atoms with Gasteiger partial charge in [-0.3, -0.25) is 9.59 Å². The summed E-state index contributed by atoms with van der Waals surface area (Å²) in [5, 5.41) is 11.9. The first kappa shape index (κ1) is 16.4. The largest absolute Gasteiger partial charge is 0.394 e. The van der Waals surface area contributed by atoms with E-state index in [0.29, 0.717) is 17.7 Å². The fourth-order valence-corrected chi connectivity index (χ4v) is 2.53. The Balaban J connectivity index is 2.07. The van der Waals surface area contributed by atoms with E-state index in [1.54, 1.807) is 19.1 Å². The minimum Gasteiger partial charge on any atom is -0.394 e. The van der Waals surface area contributed by atoms with Crippen LogP contribution in [0, 0.1) is 18.7 Å². The maximum absolute atomic E-state index is 13.3. The average molecular weight is 308 g/mol. The van der Waals surface area contributed by atoms with Gasteiger partial charge in [0.1, 0.15) is 5.82 Å². The number of hydrogen-bond donors (Lipinski definition) is 2. The number of aliphatic hydroxyl groups is 1. The molecule has 1 aliphatic heterocycles. The van der Waals surface area contributed by atoms with Gasteiger partial charge in [0.2, 0.25) is 11.8 Å². The molecule has 1 aromatic rings. The molecule has 2 N–H and O–H groups in total. The maximum Gasteiger partial charge on any atom is 0.227 e. The minimum absolute atomic E-state index is 0.121. The molecule has 0 bridgehead atoms. The molecule has 1 aliphatic rings. The zero-order chi connectivity index (χ0) is 16.3. The molecule has 6 heteroatoms. The first-order valence-electron chi connectivity index (χ1n) is 7.44. The molecule has 5 nitrogen and oxygen atoms in total. The molecule has 0 aliphatic carbocycles. The highest BCUT2D eigenvalue weighted by Crippen LogP contribution is 2.26. The number of nitrogens with zero attached hydrogens (tertiary/aromatic N) is 1. The zero-order valence-electron chi connectivity index (χ0n) is 12.8. The SMILES string of the molecule is CC[C@H](CO)NC(=O)[C@@H]1CC(=O)N(c2ccc(F)c(C)c2)C1. The van der Waals surface area contributed by atoms with Crippen molar-refractivity contribution >= 4 is 17.5 Å². The second-order valence-corrected chi connectivity index (χ2v) is 5.64. The van der Waals surface area contributed by atoms with Crippen molar-refractivity contribution in [1.29, 1.82) is 0 Å². The Bertz CT molecular complexity index is 573. The second kappa shape index (κ2) is 6.87. The normalized spacial score (nSPS) is 19.4. The highest BCUT2D eigenvalue weighted by atomic mass is 19.1. The van der Waals surface area contributed by atoms with Gasteiger partial charge in [0.25, 0.3) is 0 Å². The van der Waals surface area contributed by atoms with Crippen LogP contribution in [-0.4, -0.2) is 36.1 Å². The molecule has 1 heterocycles. The molecule has 0 spiro atoms. The first-order chi connectivity index (χ1) is 10.5. The maximum atomic E-state index is 13.3. The molecule has 2 rings (SSSR count). The van der Waals surface area contributed by atoms with Crippen LogP contribution in [0.25, 0.3) is 0 Å². The standard InChI is InChI=1S/C16H21FN2O3/c1-3-12(9-20)18-16(22)11-7-15(21)19(8-11)13-4-5-14(17)10(2)6-13/h4-6,11-12,20H,3,7-9H2,1-2H3,(H,18,22)/t11-,12-/m1/s1. The third-order valence-electron chi connectivity index (χ3n) is 4.01. The van der Waals surface area contributed by atoms with Crippen molar-refractivity contribution in [2.45, 2.75) is 32.7 Å². The fourth-order valence-electron chi connectivity index (χ4n) is 2.53. The van der Waals surface area contributed by atoms with Crippen molar-refractivity contribution in [3.05, 3.63) is 29.6 Å². The van der Waals surface area contributed by atoms with Crippen LogP contribution < -0.4 is 10.2 Å². The summed E-state index contributed by atoms with van der Waals surface area (Å²) in [6, 6.07) is 4.19. The first-order valence-corrected chi connectivity index (χ1v) is 7.44. The van der Waals surface area contributed by atoms with Crippen LogP contribution >= 0.6 is 0 Å². The Morgan fingerprint density at radius 1 is 1.55 bits per heavy atom. The number of carbonyl (C=O) groups excluding carboxylic acids is 2. The predicted octanol–water partition coefficient (Wildman–Crippen LogP) is 1.37. The summed E-state index contributed by atoms with van der Waals surface area (Å²) in [7, 11) is 0. The van der Waals surface area contributed by atoms with E-state index < -0.39 is 5.92 Å². The van der Waals surface area contributed by atoms with Crippen molar-refractivity contribution in [3.63, 3.8) is 0 Å². The van der Waals surface area contributed by atoms with Crippen molar-refractivity contribution < 1.29 is 19.1 Å². The van der Waals surface area contributed by atoms with Gasteiger partial charge in [0.15, 0.2) is 0 Å². The third kappa shape index (κ3) is 3.44. The van der Waals surface area contributed by atoms with Crippen LogP contribution in [0.2, 0.25) is 0 Å². The van der Waals surface area contributed by atoms with Gasteiger partial charge in [-0.25, -0.2) is 4.39 Å². The van der Waals surface area contributed by atoms with Crippen molar-refractivity contribution in [1.82, 2.24) is 5.32 Å². The number of anilines is 1. The summed E-state index contributed by atoms with van der Waals surface area (Å²) in [6.45, 7) is 3.66. The summed E-state index contributed by atoms with van der Waals surface area (Å²) in [4.78, 5) is 25.8. The lowest BCUT2D eigenvalue weighted by atomic mass is 10.1. The Hall–Kier alpha value is -1.95. The quantitative estimate of drug-likeness (QED) is 0.863. The summed E-state index contributed by atoms with van der Waals surface area (Å²) in [5.74, 6) is -1.14. The van der Waals surface area contributed by atoms with E-state index in [0.717, 1.165) is 0 Å². The highest BCUT2D eigenvalue weighted by molar-refractivity contribution is 6.00. The number of carbonyl (C=O) groups is 2. The molecular weight excluding hydrogens is 287 g/mol. The molecule has 2 atom stereocenters. The van der Waals surface area contributed by atoms with Crippen molar-refractivity contribution in [2.75, 3.05) is 18.1 Å². The van der Waals surface area contributed by atoms with E-state index in [2.05, 4.69) is 5.32 Å². The summed E-state index contributed by atoms with van der Waals surface area (Å²) < 4.78 is 13.3. The van der Waals surface area contributed by atoms with Gasteiger partial charge >= 0.3 is 0 Å². The lowest BCUT2D eigenvalue weighted by molar-refractivity contribution is -0.127. The summed E-state index contributed by atoms with van der Waals surface area (Å²) >= 11 is 0. The predicted molar refractivity (Wildman–Crippen MR) is 80.9 cm³/mol. The molecule has 1 aromatic carbocycles. The molecule has 1 saturated heterocycles. The van der Waals surface area contributed by atoms with E-state index >= 15 is 0 Å². The second-order valence-electron chi connectivity index (χ2n) is 5.64.